The number of halogens is 2. The number of morpholine rings is 1. The molecule has 0 bridgehead atoms. The van der Waals surface area contributed by atoms with Crippen molar-refractivity contribution < 1.29 is 4.74 Å². The van der Waals surface area contributed by atoms with Gasteiger partial charge in [0.25, 0.3) is 0 Å². The van der Waals surface area contributed by atoms with Crippen molar-refractivity contribution in [3.8, 4) is 0 Å². The van der Waals surface area contributed by atoms with Gasteiger partial charge < -0.3 is 4.74 Å². The molecule has 0 spiro atoms. The Morgan fingerprint density at radius 3 is 2.78 bits per heavy atom. The van der Waals surface area contributed by atoms with Crippen LogP contribution in [0.5, 0.6) is 0 Å². The van der Waals surface area contributed by atoms with Gasteiger partial charge in [0.1, 0.15) is 0 Å². The molecule has 1 saturated heterocycles. The summed E-state index contributed by atoms with van der Waals surface area (Å²) >= 11 is 9.71. The van der Waals surface area contributed by atoms with E-state index in [1.807, 2.05) is 12.1 Å². The highest BCUT2D eigenvalue weighted by molar-refractivity contribution is 9.10. The molecule has 0 aromatic heterocycles. The zero-order valence-electron chi connectivity index (χ0n) is 10.5. The summed E-state index contributed by atoms with van der Waals surface area (Å²) in [6.07, 6.45) is 3.47. The number of rotatable bonds is 5. The lowest BCUT2D eigenvalue weighted by Crippen LogP contribution is -2.36. The molecule has 4 heteroatoms. The van der Waals surface area contributed by atoms with E-state index in [0.29, 0.717) is 0 Å². The Morgan fingerprint density at radius 1 is 1.22 bits per heavy atom. The van der Waals surface area contributed by atoms with Crippen molar-refractivity contribution in [3.05, 3.63) is 33.3 Å². The molecule has 0 amide bonds. The molecule has 0 N–H and O–H groups in total. The van der Waals surface area contributed by atoms with Crippen molar-refractivity contribution in [2.45, 2.75) is 19.3 Å². The second-order valence-corrected chi connectivity index (χ2v) is 5.86. The van der Waals surface area contributed by atoms with Crippen LogP contribution in [-0.2, 0) is 11.2 Å². The van der Waals surface area contributed by atoms with E-state index >= 15 is 0 Å². The van der Waals surface area contributed by atoms with Gasteiger partial charge in [-0.1, -0.05) is 23.7 Å². The van der Waals surface area contributed by atoms with Gasteiger partial charge >= 0.3 is 0 Å². The van der Waals surface area contributed by atoms with E-state index in [4.69, 9.17) is 16.3 Å². The fourth-order valence-electron chi connectivity index (χ4n) is 2.22. The molecule has 1 aliphatic rings. The smallest absolute Gasteiger partial charge is 0.0594 e. The van der Waals surface area contributed by atoms with Gasteiger partial charge in [-0.25, -0.2) is 0 Å². The van der Waals surface area contributed by atoms with Crippen LogP contribution >= 0.6 is 27.5 Å². The zero-order chi connectivity index (χ0) is 12.8. The summed E-state index contributed by atoms with van der Waals surface area (Å²) in [7, 11) is 0. The maximum absolute atomic E-state index is 6.25. The standard InChI is InChI=1S/C14H19BrClNO/c15-13-6-3-5-12(14(13)16)4-1-2-7-17-8-10-18-11-9-17/h3,5-6H,1-2,4,7-11H2. The number of benzene rings is 1. The third kappa shape index (κ3) is 4.23. The van der Waals surface area contributed by atoms with Gasteiger partial charge in [-0.3, -0.25) is 4.90 Å². The summed E-state index contributed by atoms with van der Waals surface area (Å²) in [6, 6.07) is 6.15. The fraction of sp³-hybridized carbons (Fsp3) is 0.571. The van der Waals surface area contributed by atoms with Gasteiger partial charge in [-0.2, -0.15) is 0 Å². The lowest BCUT2D eigenvalue weighted by molar-refractivity contribution is 0.0372. The largest absolute Gasteiger partial charge is 0.379 e. The summed E-state index contributed by atoms with van der Waals surface area (Å²) in [6.45, 7) is 5.11. The molecule has 2 rings (SSSR count). The number of hydrogen-bond acceptors (Lipinski definition) is 2. The van der Waals surface area contributed by atoms with Crippen LogP contribution in [0.2, 0.25) is 5.02 Å². The fourth-order valence-corrected chi connectivity index (χ4v) is 2.84. The van der Waals surface area contributed by atoms with E-state index in [9.17, 15) is 0 Å². The molecule has 18 heavy (non-hydrogen) atoms. The molecule has 1 heterocycles. The Hall–Kier alpha value is -0.0900. The monoisotopic (exact) mass is 331 g/mol. The molecule has 1 aromatic rings. The van der Waals surface area contributed by atoms with Gasteiger partial charge in [0.05, 0.1) is 18.2 Å². The third-order valence-electron chi connectivity index (χ3n) is 3.31. The summed E-state index contributed by atoms with van der Waals surface area (Å²) < 4.78 is 6.34. The van der Waals surface area contributed by atoms with Crippen molar-refractivity contribution in [2.75, 3.05) is 32.8 Å². The highest BCUT2D eigenvalue weighted by Crippen LogP contribution is 2.27. The van der Waals surface area contributed by atoms with Gasteiger partial charge in [-0.15, -0.1) is 0 Å². The Labute approximate surface area is 122 Å². The number of nitrogens with zero attached hydrogens (tertiary/aromatic N) is 1. The molecule has 0 atom stereocenters. The third-order valence-corrected chi connectivity index (χ3v) is 4.64. The molecule has 0 saturated carbocycles. The molecule has 100 valence electrons. The molecule has 1 aliphatic heterocycles. The number of aryl methyl sites for hydroxylation is 1. The maximum atomic E-state index is 6.25. The second kappa shape index (κ2) is 7.49. The van der Waals surface area contributed by atoms with E-state index in [1.54, 1.807) is 0 Å². The van der Waals surface area contributed by atoms with Crippen molar-refractivity contribution >= 4 is 27.5 Å². The maximum Gasteiger partial charge on any atom is 0.0594 e. The number of unbranched alkanes of at least 4 members (excludes halogenated alkanes) is 1. The molecular weight excluding hydrogens is 314 g/mol. The van der Waals surface area contributed by atoms with Crippen LogP contribution in [-0.4, -0.2) is 37.7 Å². The van der Waals surface area contributed by atoms with Crippen LogP contribution in [0.1, 0.15) is 18.4 Å². The van der Waals surface area contributed by atoms with E-state index in [-0.39, 0.29) is 0 Å². The first-order valence-corrected chi connectivity index (χ1v) is 7.67. The van der Waals surface area contributed by atoms with Crippen LogP contribution in [0.25, 0.3) is 0 Å². The molecule has 1 aromatic carbocycles. The molecular formula is C14H19BrClNO. The van der Waals surface area contributed by atoms with E-state index in [0.717, 1.165) is 42.2 Å². The van der Waals surface area contributed by atoms with Gasteiger partial charge in [-0.05, 0) is 53.4 Å². The van der Waals surface area contributed by atoms with Crippen LogP contribution in [0.3, 0.4) is 0 Å². The predicted octanol–water partition coefficient (Wildman–Crippen LogP) is 3.76. The Bertz CT molecular complexity index is 380. The van der Waals surface area contributed by atoms with Gasteiger partial charge in [0.15, 0.2) is 0 Å². The molecule has 0 aliphatic carbocycles. The first-order chi connectivity index (χ1) is 8.77. The Morgan fingerprint density at radius 2 is 2.00 bits per heavy atom. The number of hydrogen-bond donors (Lipinski definition) is 0. The van der Waals surface area contributed by atoms with Crippen LogP contribution < -0.4 is 0 Å². The minimum atomic E-state index is 0.865. The molecule has 1 fully saturated rings. The second-order valence-electron chi connectivity index (χ2n) is 4.62. The summed E-state index contributed by atoms with van der Waals surface area (Å²) in [4.78, 5) is 2.48. The molecule has 0 radical (unpaired) electrons. The van der Waals surface area contributed by atoms with Gasteiger partial charge in [0.2, 0.25) is 0 Å². The summed E-state index contributed by atoms with van der Waals surface area (Å²) in [5, 5.41) is 0.865. The molecule has 2 nitrogen and oxygen atoms in total. The van der Waals surface area contributed by atoms with Crippen molar-refractivity contribution in [2.24, 2.45) is 0 Å². The van der Waals surface area contributed by atoms with Crippen molar-refractivity contribution in [1.29, 1.82) is 0 Å². The minimum absolute atomic E-state index is 0.865. The quantitative estimate of drug-likeness (QED) is 0.761. The average Bonchev–Trinajstić information content (AvgIpc) is 2.40. The SMILES string of the molecule is Clc1c(Br)cccc1CCCCN1CCOCC1. The number of ether oxygens (including phenoxy) is 1. The minimum Gasteiger partial charge on any atom is -0.379 e. The first-order valence-electron chi connectivity index (χ1n) is 6.50. The van der Waals surface area contributed by atoms with Crippen LogP contribution in [0.15, 0.2) is 22.7 Å². The Kier molecular flexibility index (Phi) is 5.96. The highest BCUT2D eigenvalue weighted by Gasteiger charge is 2.09. The first kappa shape index (κ1) is 14.3. The van der Waals surface area contributed by atoms with Gasteiger partial charge in [0, 0.05) is 17.6 Å². The van der Waals surface area contributed by atoms with Crippen LogP contribution in [0, 0.1) is 0 Å². The average molecular weight is 333 g/mol. The Balaban J connectivity index is 1.70. The highest BCUT2D eigenvalue weighted by atomic mass is 79.9. The zero-order valence-corrected chi connectivity index (χ0v) is 12.8. The lowest BCUT2D eigenvalue weighted by Gasteiger charge is -2.26. The summed E-state index contributed by atoms with van der Waals surface area (Å²) in [5.74, 6) is 0. The van der Waals surface area contributed by atoms with Crippen molar-refractivity contribution in [1.82, 2.24) is 4.90 Å². The van der Waals surface area contributed by atoms with Crippen molar-refractivity contribution in [3.63, 3.8) is 0 Å². The summed E-state index contributed by atoms with van der Waals surface area (Å²) in [5.41, 5.74) is 1.24. The van der Waals surface area contributed by atoms with E-state index < -0.39 is 0 Å². The van der Waals surface area contributed by atoms with E-state index in [2.05, 4.69) is 26.9 Å². The lowest BCUT2D eigenvalue weighted by atomic mass is 10.1. The predicted molar refractivity (Wildman–Crippen MR) is 79.3 cm³/mol. The van der Waals surface area contributed by atoms with Crippen LogP contribution in [0.4, 0.5) is 0 Å². The topological polar surface area (TPSA) is 12.5 Å². The molecule has 0 unspecified atom stereocenters. The van der Waals surface area contributed by atoms with E-state index in [1.165, 1.54) is 24.9 Å². The normalized spacial score (nSPS) is 17.0.